The van der Waals surface area contributed by atoms with Gasteiger partial charge in [-0.05, 0) is 19.3 Å². The number of carboxylic acids is 1. The summed E-state index contributed by atoms with van der Waals surface area (Å²) in [5.41, 5.74) is 0. The molecule has 0 spiro atoms. The zero-order valence-electron chi connectivity index (χ0n) is 12.2. The van der Waals surface area contributed by atoms with Gasteiger partial charge in [0.05, 0.1) is 6.04 Å². The maximum absolute atomic E-state index is 12.4. The fourth-order valence-corrected chi connectivity index (χ4v) is 2.67. The second-order valence-electron chi connectivity index (χ2n) is 5.28. The molecule has 7 heteroatoms. The summed E-state index contributed by atoms with van der Waals surface area (Å²) in [6, 6.07) is -1.29. The lowest BCUT2D eigenvalue weighted by atomic mass is 10.1. The largest absolute Gasteiger partial charge is 0.480 e. The monoisotopic (exact) mass is 294 g/mol. The lowest BCUT2D eigenvalue weighted by Crippen LogP contribution is -2.50. The first kappa shape index (κ1) is 15.3. The minimum absolute atomic E-state index is 0.231. The maximum Gasteiger partial charge on any atom is 0.326 e. The number of carbonyl (C=O) groups is 2. The maximum atomic E-state index is 12.4. The number of hydrogen-bond acceptors (Lipinski definition) is 3. The molecule has 2 rings (SSSR count). The van der Waals surface area contributed by atoms with E-state index in [2.05, 4.69) is 15.3 Å². The minimum atomic E-state index is -0.932. The number of likely N-dealkylation sites (tertiary alicyclic amines) is 1. The standard InChI is InChI=1S/C14H22N4O3/c1-2-10(12-15-7-8-16-12)17-14(21)18-9-5-3-4-6-11(18)13(19)20/h7-8,10-11H,2-6,9H2,1H3,(H,15,16)(H,17,21)(H,19,20). The fourth-order valence-electron chi connectivity index (χ4n) is 2.67. The van der Waals surface area contributed by atoms with E-state index < -0.39 is 12.0 Å². The predicted octanol–water partition coefficient (Wildman–Crippen LogP) is 1.90. The molecular weight excluding hydrogens is 272 g/mol. The summed E-state index contributed by atoms with van der Waals surface area (Å²) < 4.78 is 0. The van der Waals surface area contributed by atoms with Gasteiger partial charge in [-0.25, -0.2) is 14.6 Å². The van der Waals surface area contributed by atoms with Crippen molar-refractivity contribution in [3.8, 4) is 0 Å². The second-order valence-corrected chi connectivity index (χ2v) is 5.28. The lowest BCUT2D eigenvalue weighted by Gasteiger charge is -2.28. The number of carboxylic acid groups (broad SMARTS) is 1. The SMILES string of the molecule is CCC(NC(=O)N1CCCCCC1C(=O)O)c1ncc[nH]1. The van der Waals surface area contributed by atoms with Gasteiger partial charge in [0.1, 0.15) is 11.9 Å². The number of hydrogen-bond donors (Lipinski definition) is 3. The van der Waals surface area contributed by atoms with Crippen molar-refractivity contribution in [1.82, 2.24) is 20.2 Å². The number of H-pyrrole nitrogens is 1. The zero-order valence-corrected chi connectivity index (χ0v) is 12.2. The van der Waals surface area contributed by atoms with Gasteiger partial charge in [0, 0.05) is 18.9 Å². The number of carbonyl (C=O) groups excluding carboxylic acids is 1. The smallest absolute Gasteiger partial charge is 0.326 e. The summed E-state index contributed by atoms with van der Waals surface area (Å²) in [7, 11) is 0. The molecule has 21 heavy (non-hydrogen) atoms. The third-order valence-electron chi connectivity index (χ3n) is 3.85. The van der Waals surface area contributed by atoms with Gasteiger partial charge >= 0.3 is 12.0 Å². The summed E-state index contributed by atoms with van der Waals surface area (Å²) in [5.74, 6) is -0.245. The Balaban J connectivity index is 2.07. The molecule has 2 heterocycles. The molecule has 0 bridgehead atoms. The van der Waals surface area contributed by atoms with Crippen LogP contribution in [-0.4, -0.2) is 44.6 Å². The highest BCUT2D eigenvalue weighted by molar-refractivity contribution is 5.82. The molecule has 1 saturated heterocycles. The number of urea groups is 1. The number of nitrogens with zero attached hydrogens (tertiary/aromatic N) is 2. The number of rotatable bonds is 4. The van der Waals surface area contributed by atoms with E-state index in [0.29, 0.717) is 25.2 Å². The minimum Gasteiger partial charge on any atom is -0.480 e. The van der Waals surface area contributed by atoms with Crippen molar-refractivity contribution in [1.29, 1.82) is 0 Å². The van der Waals surface area contributed by atoms with Crippen molar-refractivity contribution < 1.29 is 14.7 Å². The average molecular weight is 294 g/mol. The molecule has 1 aromatic heterocycles. The first-order chi connectivity index (χ1) is 10.1. The van der Waals surface area contributed by atoms with Crippen LogP contribution in [0.3, 0.4) is 0 Å². The van der Waals surface area contributed by atoms with E-state index in [0.717, 1.165) is 19.3 Å². The van der Waals surface area contributed by atoms with E-state index in [1.165, 1.54) is 4.90 Å². The highest BCUT2D eigenvalue weighted by Crippen LogP contribution is 2.19. The molecule has 0 saturated carbocycles. The molecule has 2 atom stereocenters. The topological polar surface area (TPSA) is 98.3 Å². The Morgan fingerprint density at radius 2 is 2.33 bits per heavy atom. The van der Waals surface area contributed by atoms with Crippen LogP contribution in [0.5, 0.6) is 0 Å². The molecule has 2 unspecified atom stereocenters. The van der Waals surface area contributed by atoms with Crippen molar-refractivity contribution in [3.63, 3.8) is 0 Å². The Labute approximate surface area is 123 Å². The number of nitrogens with one attached hydrogen (secondary N) is 2. The van der Waals surface area contributed by atoms with Crippen molar-refractivity contribution in [3.05, 3.63) is 18.2 Å². The molecule has 0 aliphatic carbocycles. The van der Waals surface area contributed by atoms with Crippen molar-refractivity contribution in [2.75, 3.05) is 6.54 Å². The molecule has 1 aromatic rings. The summed E-state index contributed by atoms with van der Waals surface area (Å²) >= 11 is 0. The second kappa shape index (κ2) is 7.10. The first-order valence-corrected chi connectivity index (χ1v) is 7.42. The quantitative estimate of drug-likeness (QED) is 0.789. The Morgan fingerprint density at radius 3 is 2.95 bits per heavy atom. The van der Waals surface area contributed by atoms with Crippen LogP contribution >= 0.6 is 0 Å². The molecule has 116 valence electrons. The molecule has 1 aliphatic rings. The zero-order chi connectivity index (χ0) is 15.2. The van der Waals surface area contributed by atoms with Gasteiger partial charge in [-0.1, -0.05) is 19.8 Å². The Hall–Kier alpha value is -2.05. The van der Waals surface area contributed by atoms with E-state index in [9.17, 15) is 14.7 Å². The molecule has 0 radical (unpaired) electrons. The van der Waals surface area contributed by atoms with Crippen LogP contribution in [0.25, 0.3) is 0 Å². The van der Waals surface area contributed by atoms with E-state index in [1.807, 2.05) is 6.92 Å². The Kier molecular flexibility index (Phi) is 5.19. The van der Waals surface area contributed by atoms with Gasteiger partial charge in [-0.3, -0.25) is 0 Å². The summed E-state index contributed by atoms with van der Waals surface area (Å²) in [5, 5.41) is 12.2. The summed E-state index contributed by atoms with van der Waals surface area (Å²) in [6.45, 7) is 2.43. The molecule has 3 N–H and O–H groups in total. The predicted molar refractivity (Wildman–Crippen MR) is 76.7 cm³/mol. The third-order valence-corrected chi connectivity index (χ3v) is 3.85. The molecular formula is C14H22N4O3. The molecule has 1 fully saturated rings. The van der Waals surface area contributed by atoms with Crippen molar-refractivity contribution >= 4 is 12.0 Å². The van der Waals surface area contributed by atoms with Crippen LogP contribution in [0.4, 0.5) is 4.79 Å². The highest BCUT2D eigenvalue weighted by Gasteiger charge is 2.31. The molecule has 0 aromatic carbocycles. The van der Waals surface area contributed by atoms with E-state index in [-0.39, 0.29) is 12.1 Å². The number of aromatic nitrogens is 2. The highest BCUT2D eigenvalue weighted by atomic mass is 16.4. The molecule has 2 amide bonds. The van der Waals surface area contributed by atoms with E-state index in [1.54, 1.807) is 12.4 Å². The van der Waals surface area contributed by atoms with Gasteiger partial charge in [0.25, 0.3) is 0 Å². The van der Waals surface area contributed by atoms with Crippen molar-refractivity contribution in [2.24, 2.45) is 0 Å². The number of aliphatic carboxylic acids is 1. The number of imidazole rings is 1. The van der Waals surface area contributed by atoms with Crippen LogP contribution < -0.4 is 5.32 Å². The summed E-state index contributed by atoms with van der Waals surface area (Å²) in [4.78, 5) is 32.4. The average Bonchev–Trinajstić information content (AvgIpc) is 2.87. The van der Waals surface area contributed by atoms with Gasteiger partial charge < -0.3 is 20.3 Å². The number of amides is 2. The Bertz CT molecular complexity index is 475. The van der Waals surface area contributed by atoms with E-state index in [4.69, 9.17) is 0 Å². The van der Waals surface area contributed by atoms with Crippen molar-refractivity contribution in [2.45, 2.75) is 51.1 Å². The van der Waals surface area contributed by atoms with Gasteiger partial charge in [-0.15, -0.1) is 0 Å². The van der Waals surface area contributed by atoms with Gasteiger partial charge in [-0.2, -0.15) is 0 Å². The fraction of sp³-hybridized carbons (Fsp3) is 0.643. The van der Waals surface area contributed by atoms with Crippen LogP contribution in [-0.2, 0) is 4.79 Å². The lowest BCUT2D eigenvalue weighted by molar-refractivity contribution is -0.142. The summed E-state index contributed by atoms with van der Waals surface area (Å²) in [6.07, 6.45) is 7.19. The van der Waals surface area contributed by atoms with Crippen LogP contribution in [0.2, 0.25) is 0 Å². The molecule has 1 aliphatic heterocycles. The Morgan fingerprint density at radius 1 is 1.52 bits per heavy atom. The van der Waals surface area contributed by atoms with Gasteiger partial charge in [0.15, 0.2) is 0 Å². The number of aromatic amines is 1. The van der Waals surface area contributed by atoms with Gasteiger partial charge in [0.2, 0.25) is 0 Å². The van der Waals surface area contributed by atoms with E-state index >= 15 is 0 Å². The van der Waals surface area contributed by atoms with Crippen LogP contribution in [0.15, 0.2) is 12.4 Å². The first-order valence-electron chi connectivity index (χ1n) is 7.42. The van der Waals surface area contributed by atoms with Crippen LogP contribution in [0, 0.1) is 0 Å². The normalized spacial score (nSPS) is 20.6. The molecule has 7 nitrogen and oxygen atoms in total. The third kappa shape index (κ3) is 3.74. The van der Waals surface area contributed by atoms with Crippen LogP contribution in [0.1, 0.15) is 50.9 Å².